The lowest BCUT2D eigenvalue weighted by Gasteiger charge is -2.13. The van der Waals surface area contributed by atoms with Crippen molar-refractivity contribution in [3.63, 3.8) is 0 Å². The zero-order chi connectivity index (χ0) is 14.2. The summed E-state index contributed by atoms with van der Waals surface area (Å²) in [5, 5.41) is 3.48. The van der Waals surface area contributed by atoms with E-state index in [1.807, 2.05) is 0 Å². The molecular weight excluding hydrogens is 244 g/mol. The van der Waals surface area contributed by atoms with Crippen LogP contribution in [0, 0.1) is 0 Å². The predicted octanol–water partition coefficient (Wildman–Crippen LogP) is 4.19. The first kappa shape index (κ1) is 14.4. The number of nitrogens with zero attached hydrogens (tertiary/aromatic N) is 1. The molecule has 2 heteroatoms. The fraction of sp³-hybridized carbons (Fsp3) is 0.333. The highest BCUT2D eigenvalue weighted by Crippen LogP contribution is 2.15. The largest absolute Gasteiger partial charge is 0.385 e. The Morgan fingerprint density at radius 1 is 0.850 bits per heavy atom. The van der Waals surface area contributed by atoms with E-state index in [2.05, 4.69) is 78.9 Å². The fourth-order valence-corrected chi connectivity index (χ4v) is 2.21. The van der Waals surface area contributed by atoms with Gasteiger partial charge in [-0.15, -0.1) is 0 Å². The maximum Gasteiger partial charge on any atom is 0.0362 e. The Balaban J connectivity index is 1.66. The van der Waals surface area contributed by atoms with Crippen LogP contribution in [0.1, 0.15) is 18.4 Å². The Morgan fingerprint density at radius 3 is 2.20 bits per heavy atom. The number of aryl methyl sites for hydroxylation is 1. The Bertz CT molecular complexity index is 489. The van der Waals surface area contributed by atoms with Crippen LogP contribution in [0.15, 0.2) is 54.6 Å². The first-order chi connectivity index (χ1) is 9.75. The summed E-state index contributed by atoms with van der Waals surface area (Å²) in [4.78, 5) is 2.11. The van der Waals surface area contributed by atoms with Crippen LogP contribution in [0.4, 0.5) is 11.4 Å². The van der Waals surface area contributed by atoms with Crippen LogP contribution in [-0.2, 0) is 6.42 Å². The molecule has 2 aromatic rings. The van der Waals surface area contributed by atoms with Gasteiger partial charge < -0.3 is 10.2 Å². The summed E-state index contributed by atoms with van der Waals surface area (Å²) in [6, 6.07) is 19.3. The topological polar surface area (TPSA) is 15.3 Å². The highest BCUT2D eigenvalue weighted by Gasteiger charge is 1.96. The SMILES string of the molecule is CN(C)c1ccc(NCCCCc2ccccc2)cc1. The number of nitrogens with one attached hydrogen (secondary N) is 1. The van der Waals surface area contributed by atoms with E-state index in [1.54, 1.807) is 0 Å². The van der Waals surface area contributed by atoms with Gasteiger partial charge in [0, 0.05) is 32.0 Å². The minimum atomic E-state index is 1.04. The summed E-state index contributed by atoms with van der Waals surface area (Å²) in [5.41, 5.74) is 3.87. The molecule has 0 saturated carbocycles. The second-order valence-electron chi connectivity index (χ2n) is 5.31. The Hall–Kier alpha value is -1.96. The zero-order valence-electron chi connectivity index (χ0n) is 12.5. The van der Waals surface area contributed by atoms with Gasteiger partial charge in [-0.2, -0.15) is 0 Å². The molecule has 0 saturated heterocycles. The lowest BCUT2D eigenvalue weighted by Crippen LogP contribution is -2.08. The molecule has 0 unspecified atom stereocenters. The van der Waals surface area contributed by atoms with Crippen molar-refractivity contribution in [1.29, 1.82) is 0 Å². The van der Waals surface area contributed by atoms with Crippen LogP contribution < -0.4 is 10.2 Å². The van der Waals surface area contributed by atoms with Crippen LogP contribution in [0.5, 0.6) is 0 Å². The summed E-state index contributed by atoms with van der Waals surface area (Å²) in [7, 11) is 4.12. The Labute approximate surface area is 122 Å². The summed E-state index contributed by atoms with van der Waals surface area (Å²) < 4.78 is 0. The molecule has 0 bridgehead atoms. The van der Waals surface area contributed by atoms with Crippen molar-refractivity contribution >= 4 is 11.4 Å². The third-order valence-corrected chi connectivity index (χ3v) is 3.45. The molecule has 0 amide bonds. The van der Waals surface area contributed by atoms with Crippen LogP contribution in [0.25, 0.3) is 0 Å². The van der Waals surface area contributed by atoms with Crippen molar-refractivity contribution in [3.8, 4) is 0 Å². The lowest BCUT2D eigenvalue weighted by atomic mass is 10.1. The molecule has 0 aliphatic carbocycles. The minimum absolute atomic E-state index is 1.04. The highest BCUT2D eigenvalue weighted by molar-refractivity contribution is 5.54. The summed E-state index contributed by atoms with van der Waals surface area (Å²) in [5.74, 6) is 0. The van der Waals surface area contributed by atoms with Gasteiger partial charge in [-0.3, -0.25) is 0 Å². The molecule has 0 fully saturated rings. The van der Waals surface area contributed by atoms with Crippen LogP contribution in [0.2, 0.25) is 0 Å². The molecule has 0 radical (unpaired) electrons. The van der Waals surface area contributed by atoms with Gasteiger partial charge in [-0.1, -0.05) is 30.3 Å². The number of rotatable bonds is 7. The van der Waals surface area contributed by atoms with E-state index < -0.39 is 0 Å². The van der Waals surface area contributed by atoms with Gasteiger partial charge in [-0.05, 0) is 49.1 Å². The van der Waals surface area contributed by atoms with E-state index >= 15 is 0 Å². The maximum absolute atomic E-state index is 3.48. The average Bonchev–Trinajstić information content (AvgIpc) is 2.48. The molecule has 0 atom stereocenters. The Morgan fingerprint density at radius 2 is 1.55 bits per heavy atom. The average molecular weight is 268 g/mol. The van der Waals surface area contributed by atoms with Gasteiger partial charge in [0.15, 0.2) is 0 Å². The fourth-order valence-electron chi connectivity index (χ4n) is 2.21. The van der Waals surface area contributed by atoms with Crippen molar-refractivity contribution in [2.75, 3.05) is 30.9 Å². The van der Waals surface area contributed by atoms with E-state index in [-0.39, 0.29) is 0 Å². The van der Waals surface area contributed by atoms with E-state index in [1.165, 1.54) is 36.2 Å². The van der Waals surface area contributed by atoms with Crippen LogP contribution in [-0.4, -0.2) is 20.6 Å². The molecule has 0 aliphatic rings. The van der Waals surface area contributed by atoms with Crippen LogP contribution >= 0.6 is 0 Å². The molecule has 2 aromatic carbocycles. The predicted molar refractivity (Wildman–Crippen MR) is 88.6 cm³/mol. The number of benzene rings is 2. The van der Waals surface area contributed by atoms with Gasteiger partial charge in [0.05, 0.1) is 0 Å². The van der Waals surface area contributed by atoms with Crippen molar-refractivity contribution in [3.05, 3.63) is 60.2 Å². The van der Waals surface area contributed by atoms with E-state index in [0.29, 0.717) is 0 Å². The molecule has 0 heterocycles. The third-order valence-electron chi connectivity index (χ3n) is 3.45. The number of hydrogen-bond donors (Lipinski definition) is 1. The first-order valence-corrected chi connectivity index (χ1v) is 7.31. The molecule has 2 nitrogen and oxygen atoms in total. The van der Waals surface area contributed by atoms with E-state index in [9.17, 15) is 0 Å². The number of unbranched alkanes of at least 4 members (excludes halogenated alkanes) is 1. The second kappa shape index (κ2) is 7.59. The monoisotopic (exact) mass is 268 g/mol. The Kier molecular flexibility index (Phi) is 5.48. The van der Waals surface area contributed by atoms with Gasteiger partial charge >= 0.3 is 0 Å². The molecule has 20 heavy (non-hydrogen) atoms. The van der Waals surface area contributed by atoms with Gasteiger partial charge in [0.1, 0.15) is 0 Å². The van der Waals surface area contributed by atoms with Crippen molar-refractivity contribution in [2.45, 2.75) is 19.3 Å². The second-order valence-corrected chi connectivity index (χ2v) is 5.31. The van der Waals surface area contributed by atoms with Gasteiger partial charge in [0.2, 0.25) is 0 Å². The molecular formula is C18H24N2. The maximum atomic E-state index is 3.48. The number of anilines is 2. The van der Waals surface area contributed by atoms with Gasteiger partial charge in [-0.25, -0.2) is 0 Å². The lowest BCUT2D eigenvalue weighted by molar-refractivity contribution is 0.763. The standard InChI is InChI=1S/C18H24N2/c1-20(2)18-13-11-17(12-14-18)19-15-7-6-10-16-8-4-3-5-9-16/h3-5,8-9,11-14,19H,6-7,10,15H2,1-2H3. The minimum Gasteiger partial charge on any atom is -0.385 e. The van der Waals surface area contributed by atoms with Gasteiger partial charge in [0.25, 0.3) is 0 Å². The third kappa shape index (κ3) is 4.61. The first-order valence-electron chi connectivity index (χ1n) is 7.31. The molecule has 106 valence electrons. The highest BCUT2D eigenvalue weighted by atomic mass is 15.1. The van der Waals surface area contributed by atoms with Crippen molar-refractivity contribution in [1.82, 2.24) is 0 Å². The molecule has 1 N–H and O–H groups in total. The smallest absolute Gasteiger partial charge is 0.0362 e. The quantitative estimate of drug-likeness (QED) is 0.758. The molecule has 2 rings (SSSR count). The van der Waals surface area contributed by atoms with E-state index in [0.717, 1.165) is 6.54 Å². The summed E-state index contributed by atoms with van der Waals surface area (Å²) in [6.45, 7) is 1.04. The molecule has 0 aliphatic heterocycles. The number of hydrogen-bond acceptors (Lipinski definition) is 2. The van der Waals surface area contributed by atoms with Crippen molar-refractivity contribution in [2.24, 2.45) is 0 Å². The van der Waals surface area contributed by atoms with Crippen molar-refractivity contribution < 1.29 is 0 Å². The van der Waals surface area contributed by atoms with E-state index in [4.69, 9.17) is 0 Å². The normalized spacial score (nSPS) is 10.3. The van der Waals surface area contributed by atoms with Crippen LogP contribution in [0.3, 0.4) is 0 Å². The molecule has 0 aromatic heterocycles. The summed E-state index contributed by atoms with van der Waals surface area (Å²) >= 11 is 0. The summed E-state index contributed by atoms with van der Waals surface area (Å²) in [6.07, 6.45) is 3.60. The molecule has 0 spiro atoms. The zero-order valence-corrected chi connectivity index (χ0v) is 12.5.